The number of hydrogen-bond acceptors (Lipinski definition) is 4. The van der Waals surface area contributed by atoms with Crippen LogP contribution in [0.5, 0.6) is 5.75 Å². The third-order valence-corrected chi connectivity index (χ3v) is 7.40. The lowest BCUT2D eigenvalue weighted by molar-refractivity contribution is 0.221. The van der Waals surface area contributed by atoms with Gasteiger partial charge in [-0.2, -0.15) is 0 Å². The van der Waals surface area contributed by atoms with Crippen molar-refractivity contribution in [2.75, 3.05) is 31.6 Å². The molecule has 6 nitrogen and oxygen atoms in total. The number of rotatable bonds is 8. The highest BCUT2D eigenvalue weighted by Gasteiger charge is 2.27. The Morgan fingerprint density at radius 2 is 2.03 bits per heavy atom. The quantitative estimate of drug-likeness (QED) is 0.420. The Labute approximate surface area is 213 Å². The van der Waals surface area contributed by atoms with Gasteiger partial charge in [0.1, 0.15) is 5.75 Å². The van der Waals surface area contributed by atoms with Gasteiger partial charge in [-0.25, -0.2) is 0 Å². The minimum absolute atomic E-state index is 0.0625. The number of benzene rings is 2. The Bertz CT molecular complexity index is 1260. The molecule has 186 valence electrons. The van der Waals surface area contributed by atoms with Gasteiger partial charge in [-0.1, -0.05) is 31.2 Å². The van der Waals surface area contributed by atoms with E-state index in [1.807, 2.05) is 44.2 Å². The number of hydrogen-bond donors (Lipinski definition) is 2. The molecule has 0 saturated carbocycles. The molecule has 0 radical (unpaired) electrons. The van der Waals surface area contributed by atoms with E-state index in [0.717, 1.165) is 54.0 Å². The van der Waals surface area contributed by atoms with Crippen LogP contribution in [0.4, 0.5) is 5.69 Å². The first-order chi connectivity index (χ1) is 16.9. The number of nitrogens with one attached hydrogen (secondary N) is 2. The molecule has 1 aliphatic rings. The van der Waals surface area contributed by atoms with E-state index in [-0.39, 0.29) is 5.56 Å². The lowest BCUT2D eigenvalue weighted by Crippen LogP contribution is -2.44. The number of aryl methyl sites for hydroxylation is 2. The summed E-state index contributed by atoms with van der Waals surface area (Å²) in [5, 5.41) is 5.04. The molecule has 0 spiro atoms. The lowest BCUT2D eigenvalue weighted by Gasteiger charge is -2.32. The number of anilines is 1. The number of likely N-dealkylation sites (tertiary alicyclic amines) is 1. The number of nitrogens with zero attached hydrogens (tertiary/aromatic N) is 2. The van der Waals surface area contributed by atoms with E-state index in [4.69, 9.17) is 17.0 Å². The molecule has 35 heavy (non-hydrogen) atoms. The Balaban J connectivity index is 1.64. The van der Waals surface area contributed by atoms with Gasteiger partial charge in [-0.05, 0) is 93.6 Å². The zero-order valence-electron chi connectivity index (χ0n) is 21.2. The van der Waals surface area contributed by atoms with Crippen LogP contribution in [0.1, 0.15) is 43.4 Å². The molecule has 1 fully saturated rings. The second-order valence-corrected chi connectivity index (χ2v) is 9.65. The highest BCUT2D eigenvalue weighted by atomic mass is 32.1. The van der Waals surface area contributed by atoms with Crippen LogP contribution in [0.25, 0.3) is 10.9 Å². The van der Waals surface area contributed by atoms with Crippen molar-refractivity contribution >= 4 is 33.9 Å². The molecular weight excluding hydrogens is 456 g/mol. The predicted molar refractivity (Wildman–Crippen MR) is 149 cm³/mol. The van der Waals surface area contributed by atoms with Crippen LogP contribution in [0, 0.1) is 13.8 Å². The smallest absolute Gasteiger partial charge is 0.253 e. The number of aromatic amines is 1. The summed E-state index contributed by atoms with van der Waals surface area (Å²) in [6.07, 6.45) is 2.32. The Morgan fingerprint density at radius 1 is 1.23 bits per heavy atom. The minimum Gasteiger partial charge on any atom is -0.492 e. The summed E-state index contributed by atoms with van der Waals surface area (Å²) in [6.45, 7) is 12.2. The average Bonchev–Trinajstić information content (AvgIpc) is 3.30. The summed E-state index contributed by atoms with van der Waals surface area (Å²) < 4.78 is 5.79. The number of ether oxygens (including phenoxy) is 1. The molecule has 1 saturated heterocycles. The topological polar surface area (TPSA) is 60.6 Å². The largest absolute Gasteiger partial charge is 0.492 e. The van der Waals surface area contributed by atoms with E-state index in [1.165, 1.54) is 12.0 Å². The van der Waals surface area contributed by atoms with Crippen LogP contribution >= 0.6 is 12.2 Å². The number of thiocarbonyl (C=S) groups is 1. The van der Waals surface area contributed by atoms with Crippen molar-refractivity contribution < 1.29 is 4.74 Å². The minimum atomic E-state index is -0.0625. The normalized spacial score (nSPS) is 15.9. The highest BCUT2D eigenvalue weighted by Crippen LogP contribution is 2.26. The fourth-order valence-corrected chi connectivity index (χ4v) is 5.18. The van der Waals surface area contributed by atoms with Gasteiger partial charge in [-0.15, -0.1) is 0 Å². The molecule has 0 amide bonds. The molecule has 1 aromatic heterocycles. The molecular formula is C28H36N4O2S. The third kappa shape index (κ3) is 5.68. The van der Waals surface area contributed by atoms with Gasteiger partial charge in [-0.3, -0.25) is 9.69 Å². The summed E-state index contributed by atoms with van der Waals surface area (Å²) in [7, 11) is 0. The average molecular weight is 493 g/mol. The first-order valence-electron chi connectivity index (χ1n) is 12.5. The molecule has 0 bridgehead atoms. The maximum absolute atomic E-state index is 13.1. The van der Waals surface area contributed by atoms with E-state index in [9.17, 15) is 4.79 Å². The molecule has 1 aliphatic heterocycles. The van der Waals surface area contributed by atoms with Gasteiger partial charge < -0.3 is 19.9 Å². The standard InChI is InChI=1S/C28H36N4O2S/c1-5-31-15-9-10-23(31)18-32(28(35)29-24-11-7-8-12-25(24)34-6-2)17-22-16-21-14-13-19(3)20(4)26(21)30-27(22)33/h7-8,11-14,16,23H,5-6,9-10,15,17-18H2,1-4H3,(H,29,35)(H,30,33)/t23-/m1/s1. The molecule has 3 aromatic rings. The molecule has 0 unspecified atom stereocenters. The van der Waals surface area contributed by atoms with Crippen molar-refractivity contribution in [3.8, 4) is 5.75 Å². The van der Waals surface area contributed by atoms with Crippen molar-refractivity contribution in [1.29, 1.82) is 0 Å². The Morgan fingerprint density at radius 3 is 2.80 bits per heavy atom. The molecule has 2 heterocycles. The maximum atomic E-state index is 13.1. The van der Waals surface area contributed by atoms with Gasteiger partial charge in [0.15, 0.2) is 5.11 Å². The predicted octanol–water partition coefficient (Wildman–Crippen LogP) is 5.23. The number of pyridine rings is 1. The second-order valence-electron chi connectivity index (χ2n) is 9.26. The zero-order valence-corrected chi connectivity index (χ0v) is 22.0. The third-order valence-electron chi connectivity index (χ3n) is 7.04. The zero-order chi connectivity index (χ0) is 24.9. The number of fused-ring (bicyclic) bond motifs is 1. The first kappa shape index (κ1) is 25.2. The van der Waals surface area contributed by atoms with Crippen molar-refractivity contribution in [3.63, 3.8) is 0 Å². The number of para-hydroxylation sites is 2. The molecule has 7 heteroatoms. The van der Waals surface area contributed by atoms with E-state index in [1.54, 1.807) is 0 Å². The number of aromatic nitrogens is 1. The van der Waals surface area contributed by atoms with Crippen molar-refractivity contribution in [1.82, 2.24) is 14.8 Å². The van der Waals surface area contributed by atoms with Crippen LogP contribution in [-0.4, -0.2) is 52.2 Å². The van der Waals surface area contributed by atoms with Crippen molar-refractivity contribution in [3.05, 3.63) is 69.5 Å². The van der Waals surface area contributed by atoms with Crippen LogP contribution < -0.4 is 15.6 Å². The second kappa shape index (κ2) is 11.2. The van der Waals surface area contributed by atoms with Crippen LogP contribution in [0.3, 0.4) is 0 Å². The molecule has 1 atom stereocenters. The van der Waals surface area contributed by atoms with Gasteiger partial charge in [0.05, 0.1) is 24.4 Å². The summed E-state index contributed by atoms with van der Waals surface area (Å²) in [5.41, 5.74) is 4.67. The molecule has 4 rings (SSSR count). The van der Waals surface area contributed by atoms with Crippen molar-refractivity contribution in [2.24, 2.45) is 0 Å². The monoisotopic (exact) mass is 492 g/mol. The maximum Gasteiger partial charge on any atom is 0.253 e. The highest BCUT2D eigenvalue weighted by molar-refractivity contribution is 7.80. The fraction of sp³-hybridized carbons (Fsp3) is 0.429. The van der Waals surface area contributed by atoms with Crippen molar-refractivity contribution in [2.45, 2.75) is 53.1 Å². The van der Waals surface area contributed by atoms with Crippen LogP contribution in [0.15, 0.2) is 47.3 Å². The fourth-order valence-electron chi connectivity index (χ4n) is 4.93. The van der Waals surface area contributed by atoms with E-state index in [2.05, 4.69) is 46.1 Å². The van der Waals surface area contributed by atoms with Gasteiger partial charge in [0.2, 0.25) is 0 Å². The van der Waals surface area contributed by atoms with Crippen LogP contribution in [0.2, 0.25) is 0 Å². The number of H-pyrrole nitrogens is 1. The van der Waals surface area contributed by atoms with E-state index >= 15 is 0 Å². The van der Waals surface area contributed by atoms with Gasteiger partial charge in [0, 0.05) is 18.2 Å². The summed E-state index contributed by atoms with van der Waals surface area (Å²) in [5.74, 6) is 0.766. The molecule has 2 aromatic carbocycles. The van der Waals surface area contributed by atoms with E-state index in [0.29, 0.717) is 29.9 Å². The van der Waals surface area contributed by atoms with Gasteiger partial charge >= 0.3 is 0 Å². The SMILES string of the molecule is CCOc1ccccc1NC(=S)N(Cc1cc2ccc(C)c(C)c2[nH]c1=O)C[C@H]1CCCN1CC. The van der Waals surface area contributed by atoms with E-state index < -0.39 is 0 Å². The summed E-state index contributed by atoms with van der Waals surface area (Å²) in [6, 6.07) is 14.4. The molecule has 2 N–H and O–H groups in total. The summed E-state index contributed by atoms with van der Waals surface area (Å²) in [4.78, 5) is 20.9. The molecule has 0 aliphatic carbocycles. The Hall–Kier alpha value is -2.90. The first-order valence-corrected chi connectivity index (χ1v) is 13.0. The Kier molecular flexibility index (Phi) is 8.08. The lowest BCUT2D eigenvalue weighted by atomic mass is 10.0. The van der Waals surface area contributed by atoms with Crippen LogP contribution in [-0.2, 0) is 6.54 Å². The number of likely N-dealkylation sites (N-methyl/N-ethyl adjacent to an activating group) is 1. The summed E-state index contributed by atoms with van der Waals surface area (Å²) >= 11 is 5.92. The van der Waals surface area contributed by atoms with Gasteiger partial charge in [0.25, 0.3) is 5.56 Å².